The van der Waals surface area contributed by atoms with Gasteiger partial charge in [-0.25, -0.2) is 0 Å². The summed E-state index contributed by atoms with van der Waals surface area (Å²) < 4.78 is 7.15. The van der Waals surface area contributed by atoms with Gasteiger partial charge in [0.15, 0.2) is 0 Å². The van der Waals surface area contributed by atoms with Crippen LogP contribution in [0.15, 0.2) is 54.6 Å². The van der Waals surface area contributed by atoms with Crippen LogP contribution in [0.1, 0.15) is 28.8 Å². The Hall–Kier alpha value is -4.25. The molecule has 0 aliphatic rings. The molecule has 0 atom stereocenters. The second kappa shape index (κ2) is 11.1. The van der Waals surface area contributed by atoms with Gasteiger partial charge in [-0.05, 0) is 49.2 Å². The molecule has 0 aliphatic heterocycles. The van der Waals surface area contributed by atoms with Crippen LogP contribution < -0.4 is 20.7 Å². The lowest BCUT2D eigenvalue weighted by Gasteiger charge is -2.24. The molecule has 34 heavy (non-hydrogen) atoms. The lowest BCUT2D eigenvalue weighted by molar-refractivity contribution is -0.118. The van der Waals surface area contributed by atoms with Crippen LogP contribution in [0.4, 0.5) is 11.5 Å². The van der Waals surface area contributed by atoms with Gasteiger partial charge in [0.25, 0.3) is 0 Å². The number of nitrogens with two attached hydrogens (primary N) is 1. The van der Waals surface area contributed by atoms with Crippen molar-refractivity contribution in [3.63, 3.8) is 0 Å². The molecule has 0 radical (unpaired) electrons. The van der Waals surface area contributed by atoms with E-state index in [1.807, 2.05) is 60.9 Å². The summed E-state index contributed by atoms with van der Waals surface area (Å²) in [7, 11) is 1.58. The molecule has 3 N–H and O–H groups in total. The van der Waals surface area contributed by atoms with Gasteiger partial charge in [0, 0.05) is 30.9 Å². The fraction of sp³-hybridized carbons (Fsp3) is 0.269. The van der Waals surface area contributed by atoms with Gasteiger partial charge in [-0.3, -0.25) is 9.59 Å². The van der Waals surface area contributed by atoms with Gasteiger partial charge >= 0.3 is 0 Å². The largest absolute Gasteiger partial charge is 0.497 e. The van der Waals surface area contributed by atoms with Crippen LogP contribution in [0.2, 0.25) is 0 Å². The Labute approximate surface area is 199 Å². The Morgan fingerprint density at radius 2 is 1.79 bits per heavy atom. The summed E-state index contributed by atoms with van der Waals surface area (Å²) in [5, 5.41) is 12.7. The zero-order valence-electron chi connectivity index (χ0n) is 19.7. The molecule has 3 rings (SSSR count). The first-order valence-corrected chi connectivity index (χ1v) is 10.9. The van der Waals surface area contributed by atoms with Crippen molar-refractivity contribution >= 4 is 23.3 Å². The van der Waals surface area contributed by atoms with E-state index in [0.29, 0.717) is 23.7 Å². The Bertz CT molecular complexity index is 1190. The Morgan fingerprint density at radius 1 is 1.12 bits per heavy atom. The second-order valence-electron chi connectivity index (χ2n) is 8.00. The van der Waals surface area contributed by atoms with Gasteiger partial charge in [0.1, 0.15) is 17.6 Å². The predicted octanol–water partition coefficient (Wildman–Crippen LogP) is 3.35. The molecular formula is C26H29N5O3. The first kappa shape index (κ1) is 24.4. The zero-order valence-corrected chi connectivity index (χ0v) is 19.7. The molecule has 1 heterocycles. The summed E-state index contributed by atoms with van der Waals surface area (Å²) in [4.78, 5) is 26.3. The first-order valence-electron chi connectivity index (χ1n) is 10.9. The van der Waals surface area contributed by atoms with Crippen LogP contribution in [0, 0.1) is 25.2 Å². The predicted molar refractivity (Wildman–Crippen MR) is 132 cm³/mol. The van der Waals surface area contributed by atoms with Crippen molar-refractivity contribution in [2.75, 3.05) is 30.4 Å². The first-order chi connectivity index (χ1) is 16.3. The maximum Gasteiger partial charge on any atom is 0.245 e. The van der Waals surface area contributed by atoms with E-state index in [4.69, 9.17) is 10.5 Å². The third kappa shape index (κ3) is 5.75. The molecule has 0 fully saturated rings. The number of anilines is 2. The van der Waals surface area contributed by atoms with Crippen molar-refractivity contribution in [3.05, 3.63) is 77.0 Å². The SMILES string of the molecule is COc1ccc(N(CCC(N)=O)CC(=O)Nc2c(C#N)c(C)c(C)n2Cc2ccccc2)cc1. The fourth-order valence-electron chi connectivity index (χ4n) is 3.78. The minimum Gasteiger partial charge on any atom is -0.497 e. The maximum absolute atomic E-state index is 13.1. The number of benzene rings is 2. The van der Waals surface area contributed by atoms with E-state index in [1.54, 1.807) is 24.1 Å². The van der Waals surface area contributed by atoms with Crippen molar-refractivity contribution in [2.24, 2.45) is 5.73 Å². The molecule has 0 bridgehead atoms. The average molecular weight is 460 g/mol. The number of carbonyl (C=O) groups is 2. The molecule has 0 spiro atoms. The molecule has 0 saturated carbocycles. The summed E-state index contributed by atoms with van der Waals surface area (Å²) in [6, 6.07) is 19.3. The number of nitrogens with one attached hydrogen (secondary N) is 1. The van der Waals surface area contributed by atoms with Crippen LogP contribution >= 0.6 is 0 Å². The minimum atomic E-state index is -0.450. The maximum atomic E-state index is 13.1. The highest BCUT2D eigenvalue weighted by atomic mass is 16.5. The number of methoxy groups -OCH3 is 1. The van der Waals surface area contributed by atoms with E-state index in [-0.39, 0.29) is 25.4 Å². The second-order valence-corrected chi connectivity index (χ2v) is 8.00. The molecule has 2 aromatic carbocycles. The van der Waals surface area contributed by atoms with Gasteiger partial charge < -0.3 is 25.3 Å². The zero-order chi connectivity index (χ0) is 24.7. The monoisotopic (exact) mass is 459 g/mol. The molecule has 8 heteroatoms. The number of ether oxygens (including phenoxy) is 1. The highest BCUT2D eigenvalue weighted by molar-refractivity contribution is 5.95. The number of amides is 2. The van der Waals surface area contributed by atoms with Crippen LogP contribution in [0.25, 0.3) is 0 Å². The fourth-order valence-corrected chi connectivity index (χ4v) is 3.78. The van der Waals surface area contributed by atoms with Crippen molar-refractivity contribution in [2.45, 2.75) is 26.8 Å². The number of hydrogen-bond acceptors (Lipinski definition) is 5. The average Bonchev–Trinajstić information content (AvgIpc) is 3.06. The third-order valence-electron chi connectivity index (χ3n) is 5.78. The Morgan fingerprint density at radius 3 is 2.38 bits per heavy atom. The van der Waals surface area contributed by atoms with Crippen LogP contribution in [-0.4, -0.2) is 36.6 Å². The molecule has 3 aromatic rings. The van der Waals surface area contributed by atoms with Crippen molar-refractivity contribution < 1.29 is 14.3 Å². The molecule has 1 aromatic heterocycles. The number of primary amides is 1. The lowest BCUT2D eigenvalue weighted by Crippen LogP contribution is -2.36. The van der Waals surface area contributed by atoms with Gasteiger partial charge in [0.2, 0.25) is 11.8 Å². The molecule has 0 aliphatic carbocycles. The highest BCUT2D eigenvalue weighted by Gasteiger charge is 2.21. The smallest absolute Gasteiger partial charge is 0.245 e. The number of hydrogen-bond donors (Lipinski definition) is 2. The summed E-state index contributed by atoms with van der Waals surface area (Å²) in [5.74, 6) is 0.402. The van der Waals surface area contributed by atoms with E-state index < -0.39 is 5.91 Å². The van der Waals surface area contributed by atoms with E-state index in [9.17, 15) is 14.9 Å². The van der Waals surface area contributed by atoms with Gasteiger partial charge in [-0.2, -0.15) is 5.26 Å². The molecular weight excluding hydrogens is 430 g/mol. The topological polar surface area (TPSA) is 113 Å². The lowest BCUT2D eigenvalue weighted by atomic mass is 10.2. The van der Waals surface area contributed by atoms with E-state index in [0.717, 1.165) is 22.5 Å². The number of nitrogens with zero attached hydrogens (tertiary/aromatic N) is 3. The third-order valence-corrected chi connectivity index (χ3v) is 5.78. The van der Waals surface area contributed by atoms with Crippen molar-refractivity contribution in [1.29, 1.82) is 5.26 Å². The number of aromatic nitrogens is 1. The van der Waals surface area contributed by atoms with Crippen molar-refractivity contribution in [1.82, 2.24) is 4.57 Å². The minimum absolute atomic E-state index is 0.0148. The summed E-state index contributed by atoms with van der Waals surface area (Å²) in [5.41, 5.74) is 9.34. The molecule has 0 saturated heterocycles. The Kier molecular flexibility index (Phi) is 7.93. The van der Waals surface area contributed by atoms with E-state index in [1.165, 1.54) is 0 Å². The van der Waals surface area contributed by atoms with Crippen molar-refractivity contribution in [3.8, 4) is 11.8 Å². The standard InChI is InChI=1S/C26H29N5O3/c1-18-19(2)31(16-20-7-5-4-6-8-20)26(23(18)15-27)29-25(33)17-30(14-13-24(28)32)21-9-11-22(34-3)12-10-21/h4-12H,13-14,16-17H2,1-3H3,(H2,28,32)(H,29,33). The number of carbonyl (C=O) groups excluding carboxylic acids is 2. The molecule has 176 valence electrons. The highest BCUT2D eigenvalue weighted by Crippen LogP contribution is 2.27. The van der Waals surface area contributed by atoms with E-state index in [2.05, 4.69) is 11.4 Å². The Balaban J connectivity index is 1.86. The van der Waals surface area contributed by atoms with Gasteiger partial charge in [-0.15, -0.1) is 0 Å². The molecule has 2 amide bonds. The van der Waals surface area contributed by atoms with Gasteiger partial charge in [-0.1, -0.05) is 30.3 Å². The number of nitriles is 1. The van der Waals surface area contributed by atoms with E-state index >= 15 is 0 Å². The van der Waals surface area contributed by atoms with Gasteiger partial charge in [0.05, 0.1) is 19.2 Å². The molecule has 0 unspecified atom stereocenters. The molecule has 8 nitrogen and oxygen atoms in total. The summed E-state index contributed by atoms with van der Waals surface area (Å²) in [6.07, 6.45) is 0.103. The quantitative estimate of drug-likeness (QED) is 0.483. The van der Waals surface area contributed by atoms with Crippen LogP contribution in [-0.2, 0) is 16.1 Å². The van der Waals surface area contributed by atoms with Crippen LogP contribution in [0.5, 0.6) is 5.75 Å². The summed E-state index contributed by atoms with van der Waals surface area (Å²) in [6.45, 7) is 4.60. The van der Waals surface area contributed by atoms with Crippen LogP contribution in [0.3, 0.4) is 0 Å². The normalized spacial score (nSPS) is 10.4. The summed E-state index contributed by atoms with van der Waals surface area (Å²) >= 11 is 0. The number of rotatable bonds is 10.